The monoisotopic (exact) mass is 332 g/mol. The molecule has 6 heteroatoms. The minimum absolute atomic E-state index is 0.113. The van der Waals surface area contributed by atoms with Crippen molar-refractivity contribution in [3.63, 3.8) is 0 Å². The van der Waals surface area contributed by atoms with E-state index in [1.807, 2.05) is 0 Å². The van der Waals surface area contributed by atoms with Crippen LogP contribution in [-0.2, 0) is 11.3 Å². The van der Waals surface area contributed by atoms with Gasteiger partial charge in [-0.1, -0.05) is 24.3 Å². The predicted octanol–water partition coefficient (Wildman–Crippen LogP) is 2.64. The van der Waals surface area contributed by atoms with Gasteiger partial charge in [-0.3, -0.25) is 9.59 Å². The predicted molar refractivity (Wildman–Crippen MR) is 88.7 cm³/mol. The second-order valence-electron chi connectivity index (χ2n) is 5.02. The van der Waals surface area contributed by atoms with Crippen molar-refractivity contribution >= 4 is 23.6 Å². The fraction of sp³-hybridized carbons (Fsp3) is 0.176. The number of aryl methyl sites for hydroxylation is 1. The number of amides is 2. The number of hydrogen-bond acceptors (Lipinski definition) is 3. The quantitative estimate of drug-likeness (QED) is 0.799. The van der Waals surface area contributed by atoms with Crippen LogP contribution in [0, 0.1) is 12.7 Å². The molecule has 0 radical (unpaired) electrons. The van der Waals surface area contributed by atoms with E-state index in [2.05, 4.69) is 5.32 Å². The molecule has 0 heterocycles. The van der Waals surface area contributed by atoms with Gasteiger partial charge < -0.3 is 11.1 Å². The lowest BCUT2D eigenvalue weighted by Gasteiger charge is -2.10. The highest BCUT2D eigenvalue weighted by atomic mass is 32.2. The van der Waals surface area contributed by atoms with Gasteiger partial charge in [0, 0.05) is 11.4 Å². The Morgan fingerprint density at radius 1 is 1.22 bits per heavy atom. The molecule has 120 valence electrons. The average molecular weight is 332 g/mol. The van der Waals surface area contributed by atoms with Crippen LogP contribution in [0.2, 0.25) is 0 Å². The van der Waals surface area contributed by atoms with Gasteiger partial charge in [0.1, 0.15) is 5.82 Å². The van der Waals surface area contributed by atoms with Gasteiger partial charge in [0.15, 0.2) is 0 Å². The van der Waals surface area contributed by atoms with Crippen LogP contribution in [0.1, 0.15) is 21.5 Å². The lowest BCUT2D eigenvalue weighted by molar-refractivity contribution is -0.115. The summed E-state index contributed by atoms with van der Waals surface area (Å²) in [6.07, 6.45) is 0. The summed E-state index contributed by atoms with van der Waals surface area (Å²) in [6, 6.07) is 11.7. The van der Waals surface area contributed by atoms with Gasteiger partial charge >= 0.3 is 0 Å². The number of carbonyl (C=O) groups excluding carboxylic acids is 2. The number of hydrogen-bond donors (Lipinski definition) is 2. The van der Waals surface area contributed by atoms with Crippen LogP contribution in [0.5, 0.6) is 0 Å². The first kappa shape index (κ1) is 17.0. The third-order valence-electron chi connectivity index (χ3n) is 3.18. The first-order chi connectivity index (χ1) is 11.0. The van der Waals surface area contributed by atoms with Crippen molar-refractivity contribution in [1.29, 1.82) is 0 Å². The van der Waals surface area contributed by atoms with Crippen LogP contribution in [0.25, 0.3) is 0 Å². The molecule has 3 N–H and O–H groups in total. The molecule has 0 aromatic heterocycles. The van der Waals surface area contributed by atoms with Gasteiger partial charge in [0.2, 0.25) is 5.91 Å². The molecule has 0 aliphatic carbocycles. The summed E-state index contributed by atoms with van der Waals surface area (Å²) in [7, 11) is 0. The van der Waals surface area contributed by atoms with Crippen LogP contribution in [-0.4, -0.2) is 17.6 Å². The Balaban J connectivity index is 2.05. The maximum atomic E-state index is 13.2. The number of thioether (sulfide) groups is 1. The molecule has 0 atom stereocenters. The molecule has 0 aliphatic rings. The molecule has 2 aromatic carbocycles. The number of rotatable bonds is 6. The van der Waals surface area contributed by atoms with Crippen molar-refractivity contribution in [1.82, 2.24) is 5.32 Å². The molecule has 0 fully saturated rings. The minimum Gasteiger partial charge on any atom is -0.369 e. The van der Waals surface area contributed by atoms with Gasteiger partial charge in [-0.25, -0.2) is 4.39 Å². The lowest BCUT2D eigenvalue weighted by Crippen LogP contribution is -2.23. The second kappa shape index (κ2) is 7.78. The summed E-state index contributed by atoms with van der Waals surface area (Å²) < 4.78 is 13.2. The van der Waals surface area contributed by atoms with Gasteiger partial charge in [0.25, 0.3) is 5.91 Å². The molecule has 0 saturated heterocycles. The Morgan fingerprint density at radius 3 is 2.65 bits per heavy atom. The van der Waals surface area contributed by atoms with Crippen molar-refractivity contribution in [3.05, 3.63) is 65.0 Å². The average Bonchev–Trinajstić information content (AvgIpc) is 2.54. The minimum atomic E-state index is -0.438. The van der Waals surface area contributed by atoms with Crippen LogP contribution < -0.4 is 11.1 Å². The molecule has 2 aromatic rings. The topological polar surface area (TPSA) is 72.2 Å². The highest BCUT2D eigenvalue weighted by Gasteiger charge is 2.12. The second-order valence-corrected chi connectivity index (χ2v) is 6.03. The van der Waals surface area contributed by atoms with Crippen molar-refractivity contribution in [2.24, 2.45) is 5.73 Å². The summed E-state index contributed by atoms with van der Waals surface area (Å²) in [5, 5.41) is 2.80. The van der Waals surface area contributed by atoms with E-state index in [9.17, 15) is 14.0 Å². The van der Waals surface area contributed by atoms with Crippen molar-refractivity contribution in [2.75, 3.05) is 5.75 Å². The Bertz CT molecular complexity index is 734. The standard InChI is InChI=1S/C17H17FN2O2S/c1-11-8-12(6-7-14(11)18)9-20-17(22)13-4-2-3-5-15(13)23-10-16(19)21/h2-8H,9-10H2,1H3,(H2,19,21)(H,20,22). The normalized spacial score (nSPS) is 10.3. The van der Waals surface area contributed by atoms with Crippen LogP contribution in [0.15, 0.2) is 47.4 Å². The van der Waals surface area contributed by atoms with Crippen LogP contribution >= 0.6 is 11.8 Å². The van der Waals surface area contributed by atoms with E-state index >= 15 is 0 Å². The van der Waals surface area contributed by atoms with E-state index in [0.29, 0.717) is 22.6 Å². The third kappa shape index (κ3) is 4.82. The molecule has 0 bridgehead atoms. The number of nitrogens with two attached hydrogens (primary N) is 1. The van der Waals surface area contributed by atoms with Crippen LogP contribution in [0.4, 0.5) is 4.39 Å². The molecule has 0 unspecified atom stereocenters. The van der Waals surface area contributed by atoms with E-state index in [0.717, 1.165) is 5.56 Å². The summed E-state index contributed by atoms with van der Waals surface area (Å²) in [5.74, 6) is -0.846. The smallest absolute Gasteiger partial charge is 0.252 e. The van der Waals surface area contributed by atoms with Crippen molar-refractivity contribution in [3.8, 4) is 0 Å². The van der Waals surface area contributed by atoms with E-state index in [-0.39, 0.29) is 17.5 Å². The molecule has 2 rings (SSSR count). The molecule has 0 saturated carbocycles. The Morgan fingerprint density at radius 2 is 1.96 bits per heavy atom. The fourth-order valence-corrected chi connectivity index (χ4v) is 2.81. The van der Waals surface area contributed by atoms with Gasteiger partial charge in [-0.15, -0.1) is 11.8 Å². The summed E-state index contributed by atoms with van der Waals surface area (Å²) >= 11 is 1.22. The van der Waals surface area contributed by atoms with E-state index < -0.39 is 5.91 Å². The molecule has 23 heavy (non-hydrogen) atoms. The van der Waals surface area contributed by atoms with Gasteiger partial charge in [-0.05, 0) is 36.2 Å². The molecular formula is C17H17FN2O2S. The number of benzene rings is 2. The maximum Gasteiger partial charge on any atom is 0.252 e. The first-order valence-electron chi connectivity index (χ1n) is 7.00. The largest absolute Gasteiger partial charge is 0.369 e. The Hall–Kier alpha value is -2.34. The molecule has 2 amide bonds. The SMILES string of the molecule is Cc1cc(CNC(=O)c2ccccc2SCC(N)=O)ccc1F. The number of carbonyl (C=O) groups is 2. The summed E-state index contributed by atoms with van der Waals surface area (Å²) in [6.45, 7) is 1.98. The van der Waals surface area contributed by atoms with Gasteiger partial charge in [0.05, 0.1) is 11.3 Å². The number of primary amides is 1. The Labute approximate surface area is 138 Å². The summed E-state index contributed by atoms with van der Waals surface area (Å²) in [5.41, 5.74) is 6.98. The zero-order chi connectivity index (χ0) is 16.8. The molecule has 4 nitrogen and oxygen atoms in total. The van der Waals surface area contributed by atoms with Crippen molar-refractivity contribution in [2.45, 2.75) is 18.4 Å². The zero-order valence-electron chi connectivity index (χ0n) is 12.6. The van der Waals surface area contributed by atoms with E-state index in [1.54, 1.807) is 43.3 Å². The summed E-state index contributed by atoms with van der Waals surface area (Å²) in [4.78, 5) is 23.9. The fourth-order valence-electron chi connectivity index (χ4n) is 2.02. The Kier molecular flexibility index (Phi) is 5.76. The van der Waals surface area contributed by atoms with Gasteiger partial charge in [-0.2, -0.15) is 0 Å². The first-order valence-corrected chi connectivity index (χ1v) is 7.99. The maximum absolute atomic E-state index is 13.2. The van der Waals surface area contributed by atoms with Crippen molar-refractivity contribution < 1.29 is 14.0 Å². The van der Waals surface area contributed by atoms with Crippen LogP contribution in [0.3, 0.4) is 0 Å². The zero-order valence-corrected chi connectivity index (χ0v) is 13.5. The van der Waals surface area contributed by atoms with E-state index in [1.165, 1.54) is 17.8 Å². The number of nitrogens with one attached hydrogen (secondary N) is 1. The molecule has 0 spiro atoms. The highest BCUT2D eigenvalue weighted by molar-refractivity contribution is 8.00. The molecular weight excluding hydrogens is 315 g/mol. The number of halogens is 1. The third-order valence-corrected chi connectivity index (χ3v) is 4.27. The van der Waals surface area contributed by atoms with E-state index in [4.69, 9.17) is 5.73 Å². The lowest BCUT2D eigenvalue weighted by atomic mass is 10.1. The highest BCUT2D eigenvalue weighted by Crippen LogP contribution is 2.22. The molecule has 0 aliphatic heterocycles.